The normalized spacial score (nSPS) is 15.5. The molecule has 0 spiro atoms. The summed E-state index contributed by atoms with van der Waals surface area (Å²) in [5.74, 6) is 0.989. The Hall–Kier alpha value is -3.13. The Labute approximate surface area is 176 Å². The second kappa shape index (κ2) is 8.08. The van der Waals surface area contributed by atoms with Crippen molar-refractivity contribution in [1.29, 1.82) is 0 Å². The van der Waals surface area contributed by atoms with Gasteiger partial charge in [-0.2, -0.15) is 10.1 Å². The molecule has 0 saturated heterocycles. The second-order valence-corrected chi connectivity index (χ2v) is 7.35. The molecule has 0 aliphatic carbocycles. The van der Waals surface area contributed by atoms with Crippen molar-refractivity contribution in [2.24, 2.45) is 0 Å². The van der Waals surface area contributed by atoms with E-state index in [2.05, 4.69) is 36.6 Å². The van der Waals surface area contributed by atoms with Gasteiger partial charge in [-0.15, -0.1) is 0 Å². The molecule has 29 heavy (non-hydrogen) atoms. The van der Waals surface area contributed by atoms with Gasteiger partial charge in [-0.3, -0.25) is 4.79 Å². The van der Waals surface area contributed by atoms with E-state index in [4.69, 9.17) is 4.74 Å². The lowest BCUT2D eigenvalue weighted by atomic mass is 9.95. The predicted molar refractivity (Wildman–Crippen MR) is 115 cm³/mol. The van der Waals surface area contributed by atoms with Gasteiger partial charge in [-0.25, -0.2) is 4.68 Å². The van der Waals surface area contributed by atoms with Crippen LogP contribution in [0.3, 0.4) is 0 Å². The first-order valence-electron chi connectivity index (χ1n) is 9.25. The van der Waals surface area contributed by atoms with Crippen LogP contribution in [0.2, 0.25) is 0 Å². The molecule has 1 aliphatic heterocycles. The monoisotopic (exact) mass is 453 g/mol. The molecule has 0 bridgehead atoms. The van der Waals surface area contributed by atoms with E-state index in [0.717, 1.165) is 15.7 Å². The summed E-state index contributed by atoms with van der Waals surface area (Å²) < 4.78 is 8.25. The molecule has 0 fully saturated rings. The summed E-state index contributed by atoms with van der Waals surface area (Å²) in [7, 11) is 0. The van der Waals surface area contributed by atoms with E-state index < -0.39 is 6.04 Å². The maximum Gasteiger partial charge on any atom is 0.255 e. The van der Waals surface area contributed by atoms with E-state index in [0.29, 0.717) is 29.6 Å². The number of halogens is 1. The van der Waals surface area contributed by atoms with Crippen LogP contribution in [0.4, 0.5) is 11.6 Å². The zero-order valence-corrected chi connectivity index (χ0v) is 17.6. The van der Waals surface area contributed by atoms with E-state index in [1.54, 1.807) is 4.68 Å². The zero-order valence-electron chi connectivity index (χ0n) is 16.0. The molecule has 0 radical (unpaired) electrons. The maximum absolute atomic E-state index is 13.4. The summed E-state index contributed by atoms with van der Waals surface area (Å²) in [5, 5.41) is 10.5. The molecule has 1 atom stereocenters. The van der Waals surface area contributed by atoms with Crippen LogP contribution in [-0.2, 0) is 4.79 Å². The van der Waals surface area contributed by atoms with Crippen molar-refractivity contribution in [3.8, 4) is 5.75 Å². The average Bonchev–Trinajstić information content (AvgIpc) is 3.17. The number of nitrogens with one attached hydrogen (secondary N) is 2. The highest BCUT2D eigenvalue weighted by molar-refractivity contribution is 9.10. The maximum atomic E-state index is 13.4. The van der Waals surface area contributed by atoms with Gasteiger partial charge in [0.2, 0.25) is 5.95 Å². The molecule has 7 nitrogen and oxygen atoms in total. The molecule has 2 N–H and O–H groups in total. The highest BCUT2D eigenvalue weighted by atomic mass is 79.9. The van der Waals surface area contributed by atoms with E-state index in [1.165, 1.54) is 6.33 Å². The molecule has 2 heterocycles. The van der Waals surface area contributed by atoms with Crippen LogP contribution >= 0.6 is 15.9 Å². The van der Waals surface area contributed by atoms with Gasteiger partial charge in [0, 0.05) is 10.2 Å². The van der Waals surface area contributed by atoms with Crippen LogP contribution in [0.5, 0.6) is 5.75 Å². The van der Waals surface area contributed by atoms with Crippen molar-refractivity contribution in [3.05, 3.63) is 76.2 Å². The van der Waals surface area contributed by atoms with E-state index in [9.17, 15) is 4.79 Å². The van der Waals surface area contributed by atoms with Gasteiger partial charge in [0.1, 0.15) is 18.1 Å². The van der Waals surface area contributed by atoms with Crippen LogP contribution in [0, 0.1) is 0 Å². The lowest BCUT2D eigenvalue weighted by molar-refractivity contribution is -0.113. The molecular formula is C21H20BrN5O2. The topological polar surface area (TPSA) is 81.1 Å². The quantitative estimate of drug-likeness (QED) is 0.599. The molecule has 8 heteroatoms. The van der Waals surface area contributed by atoms with Gasteiger partial charge in [0.05, 0.1) is 17.9 Å². The molecule has 3 aromatic rings. The van der Waals surface area contributed by atoms with Crippen molar-refractivity contribution in [2.75, 3.05) is 17.2 Å². The minimum absolute atomic E-state index is 0.232. The van der Waals surface area contributed by atoms with Crippen molar-refractivity contribution in [2.45, 2.75) is 19.9 Å². The van der Waals surface area contributed by atoms with Crippen LogP contribution in [0.1, 0.15) is 25.5 Å². The number of rotatable bonds is 5. The van der Waals surface area contributed by atoms with Gasteiger partial charge in [-0.05, 0) is 37.6 Å². The van der Waals surface area contributed by atoms with Gasteiger partial charge in [-0.1, -0.05) is 46.3 Å². The molecule has 4 rings (SSSR count). The number of para-hydroxylation sites is 2. The third-order valence-electron chi connectivity index (χ3n) is 4.67. The summed E-state index contributed by atoms with van der Waals surface area (Å²) in [5.41, 5.74) is 2.82. The molecule has 2 aromatic carbocycles. The Kier molecular flexibility index (Phi) is 5.35. The van der Waals surface area contributed by atoms with Crippen molar-refractivity contribution < 1.29 is 9.53 Å². The first-order valence-corrected chi connectivity index (χ1v) is 10.0. The summed E-state index contributed by atoms with van der Waals surface area (Å²) in [6.45, 7) is 4.29. The van der Waals surface area contributed by atoms with E-state index in [-0.39, 0.29) is 5.91 Å². The van der Waals surface area contributed by atoms with Gasteiger partial charge >= 0.3 is 0 Å². The Morgan fingerprint density at radius 3 is 2.79 bits per heavy atom. The number of benzene rings is 2. The lowest BCUT2D eigenvalue weighted by Gasteiger charge is -2.29. The van der Waals surface area contributed by atoms with Crippen LogP contribution < -0.4 is 15.4 Å². The zero-order chi connectivity index (χ0) is 20.4. The smallest absolute Gasteiger partial charge is 0.255 e. The number of aromatic nitrogens is 3. The van der Waals surface area contributed by atoms with Crippen molar-refractivity contribution >= 4 is 33.5 Å². The summed E-state index contributed by atoms with van der Waals surface area (Å²) in [6.07, 6.45) is 1.48. The van der Waals surface area contributed by atoms with Crippen molar-refractivity contribution in [3.63, 3.8) is 0 Å². The molecule has 1 amide bonds. The highest BCUT2D eigenvalue weighted by Gasteiger charge is 2.34. The first-order chi connectivity index (χ1) is 14.1. The fourth-order valence-corrected chi connectivity index (χ4v) is 3.91. The third kappa shape index (κ3) is 3.63. The highest BCUT2D eigenvalue weighted by Crippen LogP contribution is 2.38. The third-order valence-corrected chi connectivity index (χ3v) is 5.40. The summed E-state index contributed by atoms with van der Waals surface area (Å²) >= 11 is 3.61. The van der Waals surface area contributed by atoms with E-state index >= 15 is 0 Å². The van der Waals surface area contributed by atoms with Gasteiger partial charge < -0.3 is 15.4 Å². The standard InChI is InChI=1S/C21H20BrN5O2/c1-3-29-17-11-7-6-10-16(17)26-20(28)18-13(2)25-21-23-12-24-27(21)19(18)14-8-4-5-9-15(14)22/h4-12,19H,3H2,1-2H3,(H,26,28)(H,23,24,25). The van der Waals surface area contributed by atoms with Crippen LogP contribution in [0.25, 0.3) is 0 Å². The number of fused-ring (bicyclic) bond motifs is 1. The Morgan fingerprint density at radius 2 is 2.00 bits per heavy atom. The minimum atomic E-state index is -0.427. The Morgan fingerprint density at radius 1 is 1.24 bits per heavy atom. The molecule has 1 aromatic heterocycles. The number of hydrogen-bond donors (Lipinski definition) is 2. The molecule has 0 saturated carbocycles. The lowest BCUT2D eigenvalue weighted by Crippen LogP contribution is -2.31. The average molecular weight is 454 g/mol. The number of anilines is 2. The molecule has 148 valence electrons. The SMILES string of the molecule is CCOc1ccccc1NC(=O)C1=C(C)Nc2ncnn2C1c1ccccc1Br. The Bertz CT molecular complexity index is 1090. The summed E-state index contributed by atoms with van der Waals surface area (Å²) in [4.78, 5) is 17.7. The number of ether oxygens (including phenoxy) is 1. The number of hydrogen-bond acceptors (Lipinski definition) is 5. The fourth-order valence-electron chi connectivity index (χ4n) is 3.41. The minimum Gasteiger partial charge on any atom is -0.492 e. The van der Waals surface area contributed by atoms with E-state index in [1.807, 2.05) is 62.4 Å². The first kappa shape index (κ1) is 19.2. The summed E-state index contributed by atoms with van der Waals surface area (Å²) in [6, 6.07) is 14.8. The second-order valence-electron chi connectivity index (χ2n) is 6.50. The molecule has 1 unspecified atom stereocenters. The van der Waals surface area contributed by atoms with Crippen molar-refractivity contribution in [1.82, 2.24) is 14.8 Å². The Balaban J connectivity index is 1.76. The number of amides is 1. The molecular weight excluding hydrogens is 434 g/mol. The number of carbonyl (C=O) groups excluding carboxylic acids is 1. The van der Waals surface area contributed by atoms with Crippen LogP contribution in [0.15, 0.2) is 70.6 Å². The number of allylic oxidation sites excluding steroid dienone is 1. The number of carbonyl (C=O) groups is 1. The fraction of sp³-hybridized carbons (Fsp3) is 0.190. The van der Waals surface area contributed by atoms with Gasteiger partial charge in [0.25, 0.3) is 5.91 Å². The number of nitrogens with zero attached hydrogens (tertiary/aromatic N) is 3. The van der Waals surface area contributed by atoms with Crippen LogP contribution in [-0.4, -0.2) is 27.3 Å². The van der Waals surface area contributed by atoms with Gasteiger partial charge in [0.15, 0.2) is 0 Å². The molecule has 1 aliphatic rings. The largest absolute Gasteiger partial charge is 0.492 e. The predicted octanol–water partition coefficient (Wildman–Crippen LogP) is 4.37.